The zero-order chi connectivity index (χ0) is 18.9. The minimum Gasteiger partial charge on any atom is -0.296 e. The van der Waals surface area contributed by atoms with Gasteiger partial charge in [-0.05, 0) is 42.3 Å². The van der Waals surface area contributed by atoms with Gasteiger partial charge in [-0.2, -0.15) is 0 Å². The molecule has 1 aliphatic heterocycles. The molecule has 3 rings (SSSR count). The largest absolute Gasteiger partial charge is 0.296 e. The summed E-state index contributed by atoms with van der Waals surface area (Å²) in [6.07, 6.45) is 0.271. The Labute approximate surface area is 149 Å². The minimum atomic E-state index is -3.87. The van der Waals surface area contributed by atoms with Gasteiger partial charge in [0.05, 0.1) is 10.6 Å². The minimum absolute atomic E-state index is 0.0871. The predicted octanol–water partition coefficient (Wildman–Crippen LogP) is 3.14. The Kier molecular flexibility index (Phi) is 5.07. The van der Waals surface area contributed by atoms with Gasteiger partial charge < -0.3 is 0 Å². The van der Waals surface area contributed by atoms with Gasteiger partial charge in [0.15, 0.2) is 9.84 Å². The van der Waals surface area contributed by atoms with Crippen molar-refractivity contribution in [2.24, 2.45) is 0 Å². The Morgan fingerprint density at radius 3 is 2.19 bits per heavy atom. The van der Waals surface area contributed by atoms with Crippen molar-refractivity contribution >= 4 is 9.84 Å². The van der Waals surface area contributed by atoms with Crippen LogP contribution in [0.3, 0.4) is 0 Å². The number of likely N-dealkylation sites (tertiary alicyclic amines) is 1. The normalized spacial score (nSPS) is 17.1. The molecule has 2 aromatic carbocycles. The highest BCUT2D eigenvalue weighted by atomic mass is 32.2. The Hall–Kier alpha value is -1.93. The third kappa shape index (κ3) is 4.24. The molecule has 0 radical (unpaired) electrons. The lowest BCUT2D eigenvalue weighted by Crippen LogP contribution is -2.62. The number of rotatable bonds is 6. The summed E-state index contributed by atoms with van der Waals surface area (Å²) in [5, 5.41) is 0. The first kappa shape index (κ1) is 18.8. The number of nitrogens with zero attached hydrogens (tertiary/aromatic N) is 1. The molecule has 0 aromatic heterocycles. The predicted molar refractivity (Wildman–Crippen MR) is 88.8 cm³/mol. The molecular weight excluding hydrogens is 370 g/mol. The number of alkyl halides is 1. The van der Waals surface area contributed by atoms with E-state index in [4.69, 9.17) is 0 Å². The van der Waals surface area contributed by atoms with Crippen LogP contribution in [-0.2, 0) is 16.3 Å². The SMILES string of the molecule is O=S(=O)(CC1(F)CN(CCc2ccc(F)cc2F)C1)c1ccc(F)cc1. The van der Waals surface area contributed by atoms with Gasteiger partial charge >= 0.3 is 0 Å². The van der Waals surface area contributed by atoms with Crippen LogP contribution in [0, 0.1) is 17.5 Å². The average Bonchev–Trinajstić information content (AvgIpc) is 2.52. The van der Waals surface area contributed by atoms with E-state index in [0.717, 1.165) is 36.4 Å². The molecule has 1 fully saturated rings. The summed E-state index contributed by atoms with van der Waals surface area (Å²) in [6.45, 7) is 0.164. The second kappa shape index (κ2) is 7.00. The van der Waals surface area contributed by atoms with Gasteiger partial charge in [0.2, 0.25) is 0 Å². The van der Waals surface area contributed by atoms with Crippen molar-refractivity contribution in [3.8, 4) is 0 Å². The molecule has 1 saturated heterocycles. The summed E-state index contributed by atoms with van der Waals surface area (Å²) >= 11 is 0. The van der Waals surface area contributed by atoms with E-state index in [1.165, 1.54) is 6.07 Å². The van der Waals surface area contributed by atoms with Crippen molar-refractivity contribution in [3.05, 3.63) is 65.5 Å². The van der Waals surface area contributed by atoms with Crippen molar-refractivity contribution in [1.29, 1.82) is 0 Å². The number of sulfone groups is 1. The number of hydrogen-bond acceptors (Lipinski definition) is 3. The molecule has 0 bridgehead atoms. The van der Waals surface area contributed by atoms with E-state index in [0.29, 0.717) is 12.1 Å². The Balaban J connectivity index is 1.55. The maximum atomic E-state index is 14.7. The van der Waals surface area contributed by atoms with Crippen LogP contribution < -0.4 is 0 Å². The Morgan fingerprint density at radius 2 is 1.58 bits per heavy atom. The topological polar surface area (TPSA) is 37.4 Å². The molecule has 0 N–H and O–H groups in total. The third-order valence-corrected chi connectivity index (χ3v) is 6.24. The fourth-order valence-electron chi connectivity index (χ4n) is 3.07. The summed E-state index contributed by atoms with van der Waals surface area (Å²) in [5.41, 5.74) is -1.57. The lowest BCUT2D eigenvalue weighted by atomic mass is 9.98. The first-order chi connectivity index (χ1) is 12.2. The van der Waals surface area contributed by atoms with E-state index < -0.39 is 38.7 Å². The van der Waals surface area contributed by atoms with Crippen LogP contribution in [0.2, 0.25) is 0 Å². The molecule has 0 atom stereocenters. The summed E-state index contributed by atoms with van der Waals surface area (Å²) in [6, 6.07) is 7.54. The monoisotopic (exact) mass is 387 g/mol. The van der Waals surface area contributed by atoms with Gasteiger partial charge in [0, 0.05) is 25.7 Å². The summed E-state index contributed by atoms with van der Waals surface area (Å²) in [4.78, 5) is 1.55. The van der Waals surface area contributed by atoms with Gasteiger partial charge in [-0.3, -0.25) is 4.90 Å². The fraction of sp³-hybridized carbons (Fsp3) is 0.333. The highest BCUT2D eigenvalue weighted by Crippen LogP contribution is 2.29. The maximum Gasteiger partial charge on any atom is 0.181 e. The highest BCUT2D eigenvalue weighted by molar-refractivity contribution is 7.91. The molecule has 2 aromatic rings. The highest BCUT2D eigenvalue weighted by Gasteiger charge is 2.46. The maximum absolute atomic E-state index is 14.7. The molecule has 1 aliphatic rings. The quantitative estimate of drug-likeness (QED) is 0.565. The van der Waals surface area contributed by atoms with Gasteiger partial charge in [-0.25, -0.2) is 26.0 Å². The van der Waals surface area contributed by atoms with Crippen LogP contribution in [0.4, 0.5) is 17.6 Å². The van der Waals surface area contributed by atoms with Crippen LogP contribution in [0.5, 0.6) is 0 Å². The van der Waals surface area contributed by atoms with Crippen molar-refractivity contribution < 1.29 is 26.0 Å². The first-order valence-corrected chi connectivity index (χ1v) is 9.66. The standard InChI is InChI=1S/C18H17F4NO2S/c19-14-3-5-16(6-4-14)26(24,25)12-18(22)10-23(11-18)8-7-13-1-2-15(20)9-17(13)21/h1-6,9H,7-8,10-12H2. The number of halogens is 4. The molecule has 26 heavy (non-hydrogen) atoms. The molecule has 1 heterocycles. The fourth-order valence-corrected chi connectivity index (χ4v) is 4.65. The lowest BCUT2D eigenvalue weighted by molar-refractivity contribution is -0.0137. The molecule has 0 unspecified atom stereocenters. The molecule has 0 aliphatic carbocycles. The van der Waals surface area contributed by atoms with Gasteiger partial charge in [-0.15, -0.1) is 0 Å². The van der Waals surface area contributed by atoms with E-state index in [9.17, 15) is 26.0 Å². The van der Waals surface area contributed by atoms with E-state index in [1.54, 1.807) is 4.90 Å². The molecular formula is C18H17F4NO2S. The van der Waals surface area contributed by atoms with E-state index in [-0.39, 0.29) is 24.4 Å². The lowest BCUT2D eigenvalue weighted by Gasteiger charge is -2.44. The average molecular weight is 387 g/mol. The molecule has 0 amide bonds. The van der Waals surface area contributed by atoms with Gasteiger partial charge in [-0.1, -0.05) is 6.07 Å². The van der Waals surface area contributed by atoms with Gasteiger partial charge in [0.25, 0.3) is 0 Å². The third-order valence-electron chi connectivity index (χ3n) is 4.35. The zero-order valence-electron chi connectivity index (χ0n) is 13.8. The van der Waals surface area contributed by atoms with Crippen LogP contribution >= 0.6 is 0 Å². The molecule has 140 valence electrons. The smallest absolute Gasteiger partial charge is 0.181 e. The molecule has 0 spiro atoms. The summed E-state index contributed by atoms with van der Waals surface area (Å²) < 4.78 is 78.5. The number of hydrogen-bond donors (Lipinski definition) is 0. The van der Waals surface area contributed by atoms with Crippen LogP contribution in [0.1, 0.15) is 5.56 Å². The number of benzene rings is 2. The Bertz CT molecular complexity index is 894. The van der Waals surface area contributed by atoms with Gasteiger partial charge in [0.1, 0.15) is 23.1 Å². The second-order valence-corrected chi connectivity index (χ2v) is 8.55. The van der Waals surface area contributed by atoms with E-state index in [2.05, 4.69) is 0 Å². The van der Waals surface area contributed by atoms with Crippen molar-refractivity contribution in [1.82, 2.24) is 4.90 Å². The molecule has 3 nitrogen and oxygen atoms in total. The van der Waals surface area contributed by atoms with Crippen molar-refractivity contribution in [2.45, 2.75) is 17.0 Å². The first-order valence-electron chi connectivity index (χ1n) is 8.00. The van der Waals surface area contributed by atoms with Crippen molar-refractivity contribution in [2.75, 3.05) is 25.4 Å². The van der Waals surface area contributed by atoms with Crippen LogP contribution in [0.25, 0.3) is 0 Å². The Morgan fingerprint density at radius 1 is 0.962 bits per heavy atom. The van der Waals surface area contributed by atoms with E-state index >= 15 is 0 Å². The second-order valence-electron chi connectivity index (χ2n) is 6.56. The van der Waals surface area contributed by atoms with E-state index in [1.807, 2.05) is 0 Å². The zero-order valence-corrected chi connectivity index (χ0v) is 14.6. The van der Waals surface area contributed by atoms with Crippen LogP contribution in [-0.4, -0.2) is 44.4 Å². The molecule has 0 saturated carbocycles. The molecule has 8 heteroatoms. The summed E-state index contributed by atoms with van der Waals surface area (Å²) in [5.74, 6) is -2.57. The van der Waals surface area contributed by atoms with Crippen molar-refractivity contribution in [3.63, 3.8) is 0 Å². The summed E-state index contributed by atoms with van der Waals surface area (Å²) in [7, 11) is -3.87. The van der Waals surface area contributed by atoms with Crippen LogP contribution in [0.15, 0.2) is 47.4 Å².